The van der Waals surface area contributed by atoms with Crippen molar-refractivity contribution in [2.45, 2.75) is 19.9 Å². The smallest absolute Gasteiger partial charge is 0.256 e. The molecule has 1 aliphatic rings. The first-order valence-corrected chi connectivity index (χ1v) is 9.48. The van der Waals surface area contributed by atoms with Crippen molar-refractivity contribution in [2.75, 3.05) is 38.2 Å². The lowest BCUT2D eigenvalue weighted by Gasteiger charge is -2.23. The summed E-state index contributed by atoms with van der Waals surface area (Å²) < 4.78 is 21.2. The molecule has 1 aromatic carbocycles. The van der Waals surface area contributed by atoms with Crippen LogP contribution in [0.3, 0.4) is 0 Å². The van der Waals surface area contributed by atoms with E-state index >= 15 is 0 Å². The second-order valence-electron chi connectivity index (χ2n) is 6.35. The van der Waals surface area contributed by atoms with Crippen molar-refractivity contribution in [1.29, 1.82) is 0 Å². The summed E-state index contributed by atoms with van der Waals surface area (Å²) in [7, 11) is 1.48. The molecule has 1 aromatic heterocycles. The maximum Gasteiger partial charge on any atom is 0.256 e. The summed E-state index contributed by atoms with van der Waals surface area (Å²) in [5.41, 5.74) is 1.70. The van der Waals surface area contributed by atoms with Gasteiger partial charge in [0.2, 0.25) is 5.91 Å². The SMILES string of the molecule is CCN1CCN(c2ccc(-n3cc(CNC(=S)OC)nn3)cc2F)CCC1=O. The molecule has 0 spiro atoms. The summed E-state index contributed by atoms with van der Waals surface area (Å²) in [4.78, 5) is 15.7. The lowest BCUT2D eigenvalue weighted by Crippen LogP contribution is -2.33. The van der Waals surface area contributed by atoms with Gasteiger partial charge >= 0.3 is 0 Å². The van der Waals surface area contributed by atoms with E-state index in [0.29, 0.717) is 56.2 Å². The zero-order chi connectivity index (χ0) is 20.1. The van der Waals surface area contributed by atoms with E-state index in [1.807, 2.05) is 11.8 Å². The number of carbonyl (C=O) groups is 1. The normalized spacial score (nSPS) is 14.8. The molecule has 1 aliphatic heterocycles. The maximum atomic E-state index is 14.8. The summed E-state index contributed by atoms with van der Waals surface area (Å²) in [6.07, 6.45) is 2.08. The Bertz CT molecular complexity index is 858. The molecule has 2 aromatic rings. The first-order valence-electron chi connectivity index (χ1n) is 9.07. The summed E-state index contributed by atoms with van der Waals surface area (Å²) in [6, 6.07) is 4.93. The summed E-state index contributed by atoms with van der Waals surface area (Å²) >= 11 is 4.91. The first-order chi connectivity index (χ1) is 13.5. The van der Waals surface area contributed by atoms with E-state index in [4.69, 9.17) is 17.0 Å². The molecule has 8 nitrogen and oxygen atoms in total. The number of carbonyl (C=O) groups excluding carboxylic acids is 1. The van der Waals surface area contributed by atoms with Crippen molar-refractivity contribution < 1.29 is 13.9 Å². The molecular formula is C18H23FN6O2S. The van der Waals surface area contributed by atoms with Crippen LogP contribution in [0.1, 0.15) is 19.0 Å². The van der Waals surface area contributed by atoms with Gasteiger partial charge in [-0.1, -0.05) is 5.21 Å². The minimum atomic E-state index is -0.356. The number of nitrogens with one attached hydrogen (secondary N) is 1. The summed E-state index contributed by atoms with van der Waals surface area (Å²) in [6.45, 7) is 4.70. The molecule has 28 heavy (non-hydrogen) atoms. The van der Waals surface area contributed by atoms with Crippen molar-refractivity contribution in [2.24, 2.45) is 0 Å². The molecule has 0 atom stereocenters. The Hall–Kier alpha value is -2.75. The van der Waals surface area contributed by atoms with Crippen molar-refractivity contribution in [1.82, 2.24) is 25.2 Å². The van der Waals surface area contributed by atoms with Gasteiger partial charge in [-0.15, -0.1) is 5.10 Å². The average Bonchev–Trinajstić information content (AvgIpc) is 3.10. The molecule has 1 amide bonds. The zero-order valence-electron chi connectivity index (χ0n) is 15.9. The minimum Gasteiger partial charge on any atom is -0.474 e. The number of thiocarbonyl (C=S) groups is 1. The van der Waals surface area contributed by atoms with Crippen LogP contribution in [0.2, 0.25) is 0 Å². The molecule has 10 heteroatoms. The number of rotatable bonds is 5. The molecular weight excluding hydrogens is 383 g/mol. The molecule has 1 N–H and O–H groups in total. The third-order valence-corrected chi connectivity index (χ3v) is 4.96. The predicted octanol–water partition coefficient (Wildman–Crippen LogP) is 1.49. The van der Waals surface area contributed by atoms with Gasteiger partial charge in [-0.3, -0.25) is 4.79 Å². The van der Waals surface area contributed by atoms with Crippen LogP contribution in [0.15, 0.2) is 24.4 Å². The Morgan fingerprint density at radius 2 is 2.18 bits per heavy atom. The molecule has 0 bridgehead atoms. The number of ether oxygens (including phenoxy) is 1. The van der Waals surface area contributed by atoms with Crippen LogP contribution >= 0.6 is 12.2 Å². The van der Waals surface area contributed by atoms with Gasteiger partial charge in [-0.25, -0.2) is 9.07 Å². The van der Waals surface area contributed by atoms with Crippen molar-refractivity contribution >= 4 is 29.0 Å². The number of aromatic nitrogens is 3. The quantitative estimate of drug-likeness (QED) is 0.754. The second-order valence-corrected chi connectivity index (χ2v) is 6.72. The monoisotopic (exact) mass is 406 g/mol. The van der Waals surface area contributed by atoms with Crippen molar-refractivity contribution in [3.05, 3.63) is 35.9 Å². The number of likely N-dealkylation sites (N-methyl/N-ethyl adjacent to an activating group) is 1. The van der Waals surface area contributed by atoms with E-state index in [2.05, 4.69) is 15.6 Å². The van der Waals surface area contributed by atoms with Crippen LogP contribution in [-0.4, -0.2) is 64.3 Å². The Morgan fingerprint density at radius 1 is 1.36 bits per heavy atom. The average molecular weight is 406 g/mol. The maximum absolute atomic E-state index is 14.8. The summed E-state index contributed by atoms with van der Waals surface area (Å²) in [5, 5.41) is 11.2. The lowest BCUT2D eigenvalue weighted by molar-refractivity contribution is -0.130. The minimum absolute atomic E-state index is 0.110. The number of nitrogens with zero attached hydrogens (tertiary/aromatic N) is 5. The first kappa shape index (κ1) is 20.0. The van der Waals surface area contributed by atoms with Crippen molar-refractivity contribution in [3.63, 3.8) is 0 Å². The van der Waals surface area contributed by atoms with Gasteiger partial charge < -0.3 is 19.9 Å². The predicted molar refractivity (Wildman–Crippen MR) is 107 cm³/mol. The van der Waals surface area contributed by atoms with Crippen LogP contribution < -0.4 is 10.2 Å². The Labute approximate surface area is 168 Å². The van der Waals surface area contributed by atoms with Gasteiger partial charge in [0.1, 0.15) is 11.5 Å². The number of hydrogen-bond donors (Lipinski definition) is 1. The van der Waals surface area contributed by atoms with E-state index in [1.54, 1.807) is 23.2 Å². The van der Waals surface area contributed by atoms with Crippen LogP contribution in [0.25, 0.3) is 5.69 Å². The Morgan fingerprint density at radius 3 is 2.89 bits per heavy atom. The van der Waals surface area contributed by atoms with Crippen LogP contribution in [0.5, 0.6) is 0 Å². The van der Waals surface area contributed by atoms with Crippen LogP contribution in [-0.2, 0) is 16.1 Å². The fourth-order valence-corrected chi connectivity index (χ4v) is 3.15. The number of hydrogen-bond acceptors (Lipinski definition) is 6. The van der Waals surface area contributed by atoms with Gasteiger partial charge in [-0.05, 0) is 31.3 Å². The molecule has 0 radical (unpaired) electrons. The van der Waals surface area contributed by atoms with Gasteiger partial charge in [0.25, 0.3) is 5.17 Å². The van der Waals surface area contributed by atoms with E-state index in [9.17, 15) is 9.18 Å². The van der Waals surface area contributed by atoms with Crippen molar-refractivity contribution in [3.8, 4) is 5.69 Å². The molecule has 150 valence electrons. The zero-order valence-corrected chi connectivity index (χ0v) is 16.7. The molecule has 1 saturated heterocycles. The Kier molecular flexibility index (Phi) is 6.40. The number of amides is 1. The third-order valence-electron chi connectivity index (χ3n) is 4.65. The summed E-state index contributed by atoms with van der Waals surface area (Å²) in [5.74, 6) is -0.246. The third kappa shape index (κ3) is 4.56. The number of benzene rings is 1. The van der Waals surface area contributed by atoms with Gasteiger partial charge in [0.05, 0.1) is 31.2 Å². The highest BCUT2D eigenvalue weighted by atomic mass is 32.1. The molecule has 2 heterocycles. The highest BCUT2D eigenvalue weighted by Crippen LogP contribution is 2.23. The fourth-order valence-electron chi connectivity index (χ4n) is 3.08. The number of anilines is 1. The second kappa shape index (κ2) is 8.96. The highest BCUT2D eigenvalue weighted by Gasteiger charge is 2.21. The van der Waals surface area contributed by atoms with E-state index in [0.717, 1.165) is 0 Å². The topological polar surface area (TPSA) is 75.5 Å². The number of methoxy groups -OCH3 is 1. The van der Waals surface area contributed by atoms with Crippen LogP contribution in [0, 0.1) is 5.82 Å². The van der Waals surface area contributed by atoms with Gasteiger partial charge in [0, 0.05) is 38.7 Å². The Balaban J connectivity index is 1.71. The molecule has 0 saturated carbocycles. The molecule has 1 fully saturated rings. The van der Waals surface area contributed by atoms with E-state index < -0.39 is 0 Å². The van der Waals surface area contributed by atoms with E-state index in [-0.39, 0.29) is 16.9 Å². The molecule has 0 aliphatic carbocycles. The lowest BCUT2D eigenvalue weighted by atomic mass is 10.2. The molecule has 3 rings (SSSR count). The standard InChI is InChI=1S/C18H23FN6O2S/c1-3-23-8-9-24(7-6-17(23)26)16-5-4-14(10-15(16)19)25-12-13(21-22-25)11-20-18(28)27-2/h4-5,10,12H,3,6-9,11H2,1-2H3,(H,20,28). The fraction of sp³-hybridized carbons (Fsp3) is 0.444. The largest absolute Gasteiger partial charge is 0.474 e. The molecule has 0 unspecified atom stereocenters. The van der Waals surface area contributed by atoms with Gasteiger partial charge in [-0.2, -0.15) is 0 Å². The van der Waals surface area contributed by atoms with E-state index in [1.165, 1.54) is 17.9 Å². The number of halogens is 1. The van der Waals surface area contributed by atoms with Gasteiger partial charge in [0.15, 0.2) is 0 Å². The van der Waals surface area contributed by atoms with Crippen LogP contribution in [0.4, 0.5) is 10.1 Å². The highest BCUT2D eigenvalue weighted by molar-refractivity contribution is 7.80.